The van der Waals surface area contributed by atoms with Crippen LogP contribution in [0, 0.1) is 5.92 Å². The highest BCUT2D eigenvalue weighted by Crippen LogP contribution is 2.33. The van der Waals surface area contributed by atoms with Crippen LogP contribution in [-0.2, 0) is 27.8 Å². The number of fused-ring (bicyclic) bond motifs is 1. The molecule has 31 heavy (non-hydrogen) atoms. The topological polar surface area (TPSA) is 60.9 Å². The van der Waals surface area contributed by atoms with Gasteiger partial charge < -0.3 is 4.90 Å². The predicted molar refractivity (Wildman–Crippen MR) is 123 cm³/mol. The maximum atomic E-state index is 13.4. The van der Waals surface area contributed by atoms with Gasteiger partial charge in [0, 0.05) is 44.4 Å². The summed E-state index contributed by atoms with van der Waals surface area (Å²) in [6.45, 7) is 3.01. The molecule has 8 heteroatoms. The van der Waals surface area contributed by atoms with Crippen molar-refractivity contribution in [3.05, 3.63) is 58.6 Å². The molecule has 0 radical (unpaired) electrons. The summed E-state index contributed by atoms with van der Waals surface area (Å²) in [5.41, 5.74) is 2.84. The summed E-state index contributed by atoms with van der Waals surface area (Å²) in [6.07, 6.45) is 2.52. The van der Waals surface area contributed by atoms with E-state index in [9.17, 15) is 13.2 Å². The minimum atomic E-state index is -3.48. The Morgan fingerprint density at radius 3 is 2.68 bits per heavy atom. The summed E-state index contributed by atoms with van der Waals surface area (Å²) in [7, 11) is -0.438. The third kappa shape index (κ3) is 4.51. The lowest BCUT2D eigenvalue weighted by molar-refractivity contribution is -0.124. The Balaban J connectivity index is 1.48. The van der Waals surface area contributed by atoms with Gasteiger partial charge in [0.15, 0.2) is 0 Å². The van der Waals surface area contributed by atoms with Gasteiger partial charge >= 0.3 is 0 Å². The number of amides is 1. The van der Waals surface area contributed by atoms with E-state index in [2.05, 4.69) is 4.90 Å². The number of benzene rings is 2. The smallest absolute Gasteiger partial charge is 0.242 e. The van der Waals surface area contributed by atoms with Crippen molar-refractivity contribution in [1.29, 1.82) is 0 Å². The Morgan fingerprint density at radius 1 is 1.16 bits per heavy atom. The van der Waals surface area contributed by atoms with Crippen LogP contribution in [-0.4, -0.2) is 57.3 Å². The van der Waals surface area contributed by atoms with Gasteiger partial charge in [-0.25, -0.2) is 12.7 Å². The van der Waals surface area contributed by atoms with E-state index in [-0.39, 0.29) is 16.7 Å². The number of carbonyl (C=O) groups is 1. The van der Waals surface area contributed by atoms with Crippen LogP contribution in [0.5, 0.6) is 0 Å². The highest BCUT2D eigenvalue weighted by molar-refractivity contribution is 7.89. The van der Waals surface area contributed by atoms with E-state index in [1.807, 2.05) is 29.2 Å². The number of rotatable bonds is 5. The van der Waals surface area contributed by atoms with Crippen LogP contribution in [0.25, 0.3) is 0 Å². The monoisotopic (exact) mass is 461 g/mol. The van der Waals surface area contributed by atoms with Crippen molar-refractivity contribution < 1.29 is 13.2 Å². The summed E-state index contributed by atoms with van der Waals surface area (Å²) in [4.78, 5) is 17.8. The molecule has 1 saturated heterocycles. The molecule has 1 unspecified atom stereocenters. The van der Waals surface area contributed by atoms with Gasteiger partial charge in [0.1, 0.15) is 0 Å². The van der Waals surface area contributed by atoms with E-state index in [4.69, 9.17) is 11.6 Å². The molecule has 1 atom stereocenters. The Morgan fingerprint density at radius 2 is 1.94 bits per heavy atom. The van der Waals surface area contributed by atoms with E-state index >= 15 is 0 Å². The average Bonchev–Trinajstić information content (AvgIpc) is 3.18. The number of likely N-dealkylation sites (tertiary alicyclic amines) is 1. The molecule has 2 aromatic rings. The van der Waals surface area contributed by atoms with Gasteiger partial charge in [-0.3, -0.25) is 9.69 Å². The largest absolute Gasteiger partial charge is 0.312 e. The van der Waals surface area contributed by atoms with Crippen molar-refractivity contribution in [3.8, 4) is 0 Å². The van der Waals surface area contributed by atoms with E-state index in [0.29, 0.717) is 19.5 Å². The summed E-state index contributed by atoms with van der Waals surface area (Å²) in [6, 6.07) is 12.9. The predicted octanol–water partition coefficient (Wildman–Crippen LogP) is 3.39. The van der Waals surface area contributed by atoms with Gasteiger partial charge in [0.2, 0.25) is 15.9 Å². The first kappa shape index (κ1) is 22.3. The molecule has 0 bridgehead atoms. The number of nitrogens with zero attached hydrogens (tertiary/aromatic N) is 3. The van der Waals surface area contributed by atoms with Gasteiger partial charge in [0.25, 0.3) is 0 Å². The zero-order chi connectivity index (χ0) is 22.2. The molecule has 0 saturated carbocycles. The van der Waals surface area contributed by atoms with Gasteiger partial charge in [0.05, 0.1) is 10.8 Å². The molecule has 4 rings (SSSR count). The first-order chi connectivity index (χ1) is 14.8. The van der Waals surface area contributed by atoms with Crippen LogP contribution in [0.2, 0.25) is 5.02 Å². The lowest BCUT2D eigenvalue weighted by Crippen LogP contribution is -2.44. The highest BCUT2D eigenvalue weighted by Gasteiger charge is 2.34. The quantitative estimate of drug-likeness (QED) is 0.684. The van der Waals surface area contributed by atoms with Crippen LogP contribution in [0.15, 0.2) is 47.4 Å². The van der Waals surface area contributed by atoms with Crippen LogP contribution in [0.1, 0.15) is 24.0 Å². The van der Waals surface area contributed by atoms with Crippen molar-refractivity contribution >= 4 is 33.2 Å². The molecule has 0 aliphatic carbocycles. The molecule has 0 spiro atoms. The van der Waals surface area contributed by atoms with Crippen LogP contribution in [0.3, 0.4) is 0 Å². The van der Waals surface area contributed by atoms with Crippen molar-refractivity contribution in [3.63, 3.8) is 0 Å². The minimum absolute atomic E-state index is 0.0626. The normalized spacial score (nSPS) is 19.6. The maximum absolute atomic E-state index is 13.4. The summed E-state index contributed by atoms with van der Waals surface area (Å²) >= 11 is 6.32. The SMILES string of the molecule is CN(C)S(=O)(=O)c1ccc2c(c1)CCN2C(=O)C1CCCN(Cc2ccccc2Cl)C1. The molecule has 1 amide bonds. The Hall–Kier alpha value is -1.93. The molecule has 2 aliphatic rings. The number of sulfonamides is 1. The van der Waals surface area contributed by atoms with Gasteiger partial charge in [-0.05, 0) is 61.2 Å². The Labute approximate surface area is 189 Å². The number of halogens is 1. The fourth-order valence-corrected chi connectivity index (χ4v) is 5.62. The molecule has 0 N–H and O–H groups in total. The molecule has 0 aromatic heterocycles. The highest BCUT2D eigenvalue weighted by atomic mass is 35.5. The van der Waals surface area contributed by atoms with Gasteiger partial charge in [-0.1, -0.05) is 29.8 Å². The first-order valence-electron chi connectivity index (χ1n) is 10.6. The molecule has 2 heterocycles. The van der Waals surface area contributed by atoms with E-state index in [1.165, 1.54) is 18.4 Å². The minimum Gasteiger partial charge on any atom is -0.312 e. The standard InChI is InChI=1S/C23H28ClN3O3S/c1-25(2)31(29,30)20-9-10-22-17(14-20)11-13-27(22)23(28)19-7-5-12-26(16-19)15-18-6-3-4-8-21(18)24/h3-4,6,8-10,14,19H,5,7,11-13,15-16H2,1-2H3. The Bertz CT molecular complexity index is 1090. The van der Waals surface area contributed by atoms with Crippen molar-refractivity contribution in [1.82, 2.24) is 9.21 Å². The van der Waals surface area contributed by atoms with Gasteiger partial charge in [-0.2, -0.15) is 0 Å². The lowest BCUT2D eigenvalue weighted by Gasteiger charge is -2.34. The fourth-order valence-electron chi connectivity index (χ4n) is 4.47. The van der Waals surface area contributed by atoms with E-state index in [0.717, 1.165) is 47.8 Å². The fraction of sp³-hybridized carbons (Fsp3) is 0.435. The summed E-state index contributed by atoms with van der Waals surface area (Å²) < 4.78 is 26.1. The average molecular weight is 462 g/mol. The molecular weight excluding hydrogens is 434 g/mol. The molecule has 1 fully saturated rings. The second-order valence-electron chi connectivity index (χ2n) is 8.48. The second-order valence-corrected chi connectivity index (χ2v) is 11.0. The number of anilines is 1. The third-order valence-corrected chi connectivity index (χ3v) is 8.38. The zero-order valence-corrected chi connectivity index (χ0v) is 19.5. The first-order valence-corrected chi connectivity index (χ1v) is 12.4. The third-order valence-electron chi connectivity index (χ3n) is 6.20. The second kappa shape index (κ2) is 8.90. The Kier molecular flexibility index (Phi) is 6.40. The van der Waals surface area contributed by atoms with Crippen molar-refractivity contribution in [2.24, 2.45) is 5.92 Å². The van der Waals surface area contributed by atoms with Crippen molar-refractivity contribution in [2.45, 2.75) is 30.7 Å². The molecule has 6 nitrogen and oxygen atoms in total. The van der Waals surface area contributed by atoms with Crippen LogP contribution >= 0.6 is 11.6 Å². The van der Waals surface area contributed by atoms with Gasteiger partial charge in [-0.15, -0.1) is 0 Å². The summed E-state index contributed by atoms with van der Waals surface area (Å²) in [5, 5.41) is 0.757. The lowest BCUT2D eigenvalue weighted by atomic mass is 9.96. The van der Waals surface area contributed by atoms with Crippen molar-refractivity contribution in [2.75, 3.05) is 38.6 Å². The van der Waals surface area contributed by atoms with Crippen LogP contribution < -0.4 is 4.90 Å². The molecule has 166 valence electrons. The number of piperidine rings is 1. The van der Waals surface area contributed by atoms with E-state index in [1.54, 1.807) is 18.2 Å². The number of carbonyl (C=O) groups excluding carboxylic acids is 1. The molecule has 2 aromatic carbocycles. The zero-order valence-electron chi connectivity index (χ0n) is 17.9. The van der Waals surface area contributed by atoms with Crippen LogP contribution in [0.4, 0.5) is 5.69 Å². The molecule has 2 aliphatic heterocycles. The maximum Gasteiger partial charge on any atom is 0.242 e. The number of hydrogen-bond donors (Lipinski definition) is 0. The molecular formula is C23H28ClN3O3S. The summed E-state index contributed by atoms with van der Waals surface area (Å²) in [5.74, 6) is 0.0678. The number of hydrogen-bond acceptors (Lipinski definition) is 4. The van der Waals surface area contributed by atoms with E-state index < -0.39 is 10.0 Å².